The monoisotopic (exact) mass is 313 g/mol. The molecule has 23 heavy (non-hydrogen) atoms. The number of allylic oxidation sites excluding steroid dienone is 2. The number of rotatable bonds is 3. The van der Waals surface area contributed by atoms with Crippen molar-refractivity contribution in [3.63, 3.8) is 0 Å². The van der Waals surface area contributed by atoms with Gasteiger partial charge < -0.3 is 4.84 Å². The number of carbonyl (C=O) groups is 5. The van der Waals surface area contributed by atoms with Crippen LogP contribution in [0.5, 0.6) is 0 Å². The van der Waals surface area contributed by atoms with Gasteiger partial charge in [0.05, 0.1) is 5.56 Å². The number of hydrogen-bond acceptors (Lipinski definition) is 6. The average molecular weight is 313 g/mol. The standard InChI is InChI=1S/C16H11NO6/c18-11-4-5-12(19)15(11)9-2-1-3-10(8-9)16(22)23-17-13(20)6-7-14(17)21/h1-5,8,15H,6-7H2. The maximum atomic E-state index is 12.1. The van der Waals surface area contributed by atoms with E-state index in [1.54, 1.807) is 6.07 Å². The van der Waals surface area contributed by atoms with Gasteiger partial charge in [-0.1, -0.05) is 12.1 Å². The number of imide groups is 1. The lowest BCUT2D eigenvalue weighted by molar-refractivity contribution is -0.172. The van der Waals surface area contributed by atoms with Gasteiger partial charge in [0.15, 0.2) is 11.6 Å². The van der Waals surface area contributed by atoms with E-state index in [-0.39, 0.29) is 30.0 Å². The molecule has 0 atom stereocenters. The molecule has 0 bridgehead atoms. The number of hydrogen-bond donors (Lipinski definition) is 0. The smallest absolute Gasteiger partial charge is 0.325 e. The van der Waals surface area contributed by atoms with E-state index in [1.165, 1.54) is 30.4 Å². The van der Waals surface area contributed by atoms with Crippen LogP contribution in [0, 0.1) is 0 Å². The highest BCUT2D eigenvalue weighted by Crippen LogP contribution is 2.25. The van der Waals surface area contributed by atoms with Crippen molar-refractivity contribution in [1.82, 2.24) is 5.06 Å². The molecule has 0 spiro atoms. The minimum atomic E-state index is -0.960. The third-order valence-corrected chi connectivity index (χ3v) is 3.62. The Kier molecular flexibility index (Phi) is 3.61. The molecule has 7 nitrogen and oxygen atoms in total. The molecule has 116 valence electrons. The van der Waals surface area contributed by atoms with Crippen molar-refractivity contribution in [1.29, 1.82) is 0 Å². The van der Waals surface area contributed by atoms with E-state index in [4.69, 9.17) is 4.84 Å². The maximum absolute atomic E-state index is 12.1. The second-order valence-electron chi connectivity index (χ2n) is 5.16. The summed E-state index contributed by atoms with van der Waals surface area (Å²) in [6.07, 6.45) is 2.39. The van der Waals surface area contributed by atoms with Gasteiger partial charge in [0.25, 0.3) is 11.8 Å². The number of benzene rings is 1. The molecule has 1 saturated heterocycles. The van der Waals surface area contributed by atoms with E-state index in [9.17, 15) is 24.0 Å². The van der Waals surface area contributed by atoms with Crippen LogP contribution < -0.4 is 0 Å². The lowest BCUT2D eigenvalue weighted by Crippen LogP contribution is -2.32. The molecule has 7 heteroatoms. The second-order valence-corrected chi connectivity index (χ2v) is 5.16. The number of ketones is 2. The Balaban J connectivity index is 1.81. The zero-order valence-corrected chi connectivity index (χ0v) is 11.9. The van der Waals surface area contributed by atoms with Crippen LogP contribution in [-0.4, -0.2) is 34.4 Å². The van der Waals surface area contributed by atoms with Gasteiger partial charge in [0.2, 0.25) is 0 Å². The van der Waals surface area contributed by atoms with Crippen LogP contribution in [0.2, 0.25) is 0 Å². The molecule has 2 amide bonds. The third kappa shape index (κ3) is 2.68. The normalized spacial score (nSPS) is 18.2. The summed E-state index contributed by atoms with van der Waals surface area (Å²) in [5.41, 5.74) is 0.404. The number of carbonyl (C=O) groups excluding carboxylic acids is 5. The first-order chi connectivity index (χ1) is 11.0. The summed E-state index contributed by atoms with van der Waals surface area (Å²) in [7, 11) is 0. The fraction of sp³-hybridized carbons (Fsp3) is 0.188. The minimum Gasteiger partial charge on any atom is -0.325 e. The van der Waals surface area contributed by atoms with Gasteiger partial charge in [0, 0.05) is 12.8 Å². The zero-order chi connectivity index (χ0) is 16.6. The molecule has 1 fully saturated rings. The van der Waals surface area contributed by atoms with E-state index < -0.39 is 23.7 Å². The van der Waals surface area contributed by atoms with Crippen LogP contribution >= 0.6 is 0 Å². The van der Waals surface area contributed by atoms with Crippen molar-refractivity contribution in [3.8, 4) is 0 Å². The summed E-state index contributed by atoms with van der Waals surface area (Å²) in [6, 6.07) is 5.81. The van der Waals surface area contributed by atoms with Crippen LogP contribution in [0.25, 0.3) is 0 Å². The molecule has 3 rings (SSSR count). The summed E-state index contributed by atoms with van der Waals surface area (Å²) in [5.74, 6) is -3.73. The van der Waals surface area contributed by atoms with Crippen molar-refractivity contribution in [2.24, 2.45) is 0 Å². The van der Waals surface area contributed by atoms with Crippen LogP contribution in [0.15, 0.2) is 36.4 Å². The van der Waals surface area contributed by atoms with Crippen LogP contribution in [0.1, 0.15) is 34.7 Å². The largest absolute Gasteiger partial charge is 0.363 e. The van der Waals surface area contributed by atoms with Crippen molar-refractivity contribution >= 4 is 29.4 Å². The Bertz CT molecular complexity index is 745. The first-order valence-electron chi connectivity index (χ1n) is 6.91. The highest BCUT2D eigenvalue weighted by atomic mass is 16.7. The summed E-state index contributed by atoms with van der Waals surface area (Å²) >= 11 is 0. The first-order valence-corrected chi connectivity index (χ1v) is 6.91. The molecule has 0 saturated carbocycles. The molecule has 0 N–H and O–H groups in total. The van der Waals surface area contributed by atoms with E-state index in [0.29, 0.717) is 10.6 Å². The third-order valence-electron chi connectivity index (χ3n) is 3.62. The summed E-state index contributed by atoms with van der Waals surface area (Å²) < 4.78 is 0. The molecule has 1 aliphatic heterocycles. The quantitative estimate of drug-likeness (QED) is 0.602. The fourth-order valence-corrected chi connectivity index (χ4v) is 2.46. The van der Waals surface area contributed by atoms with Crippen LogP contribution in [0.3, 0.4) is 0 Å². The van der Waals surface area contributed by atoms with Gasteiger partial charge in [-0.25, -0.2) is 4.79 Å². The highest BCUT2D eigenvalue weighted by Gasteiger charge is 2.34. The Morgan fingerprint density at radius 2 is 1.61 bits per heavy atom. The lowest BCUT2D eigenvalue weighted by Gasteiger charge is -2.13. The van der Waals surface area contributed by atoms with Gasteiger partial charge in [0.1, 0.15) is 5.92 Å². The SMILES string of the molecule is O=C(ON1C(=O)CCC1=O)c1cccc(C2C(=O)C=CC2=O)c1. The van der Waals surface area contributed by atoms with Crippen molar-refractivity contribution in [3.05, 3.63) is 47.5 Å². The van der Waals surface area contributed by atoms with Gasteiger partial charge >= 0.3 is 5.97 Å². The predicted octanol–water partition coefficient (Wildman–Crippen LogP) is 0.699. The van der Waals surface area contributed by atoms with Crippen LogP contribution in [-0.2, 0) is 24.0 Å². The second kappa shape index (κ2) is 5.60. The van der Waals surface area contributed by atoms with E-state index in [0.717, 1.165) is 0 Å². The fourth-order valence-electron chi connectivity index (χ4n) is 2.46. The lowest BCUT2D eigenvalue weighted by atomic mass is 9.94. The number of hydroxylamine groups is 2. The molecule has 1 aromatic carbocycles. The predicted molar refractivity (Wildman–Crippen MR) is 74.8 cm³/mol. The Morgan fingerprint density at radius 1 is 1.00 bits per heavy atom. The molecule has 0 unspecified atom stereocenters. The summed E-state index contributed by atoms with van der Waals surface area (Å²) in [6.45, 7) is 0. The van der Waals surface area contributed by atoms with Crippen molar-refractivity contribution in [2.75, 3.05) is 0 Å². The Hall–Kier alpha value is -3.09. The first kappa shape index (κ1) is 14.8. The zero-order valence-electron chi connectivity index (χ0n) is 11.9. The highest BCUT2D eigenvalue weighted by molar-refractivity contribution is 6.22. The van der Waals surface area contributed by atoms with Gasteiger partial charge in [-0.3, -0.25) is 19.2 Å². The van der Waals surface area contributed by atoms with E-state index >= 15 is 0 Å². The molecular weight excluding hydrogens is 302 g/mol. The van der Waals surface area contributed by atoms with E-state index in [2.05, 4.69) is 0 Å². The van der Waals surface area contributed by atoms with E-state index in [1.807, 2.05) is 0 Å². The molecular formula is C16H11NO6. The molecule has 0 aromatic heterocycles. The molecule has 1 aliphatic carbocycles. The van der Waals surface area contributed by atoms with Gasteiger partial charge in [-0.15, -0.1) is 5.06 Å². The Morgan fingerprint density at radius 3 is 2.22 bits per heavy atom. The molecule has 0 radical (unpaired) electrons. The maximum Gasteiger partial charge on any atom is 0.363 e. The van der Waals surface area contributed by atoms with Crippen molar-refractivity contribution in [2.45, 2.75) is 18.8 Å². The van der Waals surface area contributed by atoms with Crippen LogP contribution in [0.4, 0.5) is 0 Å². The summed E-state index contributed by atoms with van der Waals surface area (Å²) in [4.78, 5) is 63.2. The Labute approximate surface area is 130 Å². The topological polar surface area (TPSA) is 97.8 Å². The summed E-state index contributed by atoms with van der Waals surface area (Å²) in [5, 5.41) is 0.447. The average Bonchev–Trinajstić information content (AvgIpc) is 3.03. The van der Waals surface area contributed by atoms with Gasteiger partial charge in [-0.2, -0.15) is 0 Å². The molecule has 1 heterocycles. The van der Waals surface area contributed by atoms with Gasteiger partial charge in [-0.05, 0) is 29.8 Å². The number of nitrogens with zero attached hydrogens (tertiary/aromatic N) is 1. The minimum absolute atomic E-state index is 0.00288. The molecule has 2 aliphatic rings. The van der Waals surface area contributed by atoms with Crippen molar-refractivity contribution < 1.29 is 28.8 Å². The number of amides is 2. The molecule has 1 aromatic rings.